The molecule has 1 aromatic rings. The number of amides is 1. The van der Waals surface area contributed by atoms with E-state index < -0.39 is 11.6 Å². The Balaban J connectivity index is 2.24. The topological polar surface area (TPSA) is 86.6 Å². The predicted molar refractivity (Wildman–Crippen MR) is 73.0 cm³/mol. The maximum absolute atomic E-state index is 11.5. The van der Waals surface area contributed by atoms with Crippen LogP contribution in [0.4, 0.5) is 0 Å². The van der Waals surface area contributed by atoms with Gasteiger partial charge in [0, 0.05) is 12.8 Å². The minimum absolute atomic E-state index is 0.0832. The van der Waals surface area contributed by atoms with Crippen molar-refractivity contribution in [3.05, 3.63) is 22.4 Å². The van der Waals surface area contributed by atoms with Crippen LogP contribution in [-0.4, -0.2) is 28.6 Å². The van der Waals surface area contributed by atoms with Crippen molar-refractivity contribution >= 4 is 23.2 Å². The first-order valence-electron chi connectivity index (χ1n) is 6.15. The number of rotatable bonds is 8. The van der Waals surface area contributed by atoms with Gasteiger partial charge in [0.2, 0.25) is 5.91 Å². The monoisotopic (exact) mass is 285 g/mol. The fourth-order valence-corrected chi connectivity index (χ4v) is 2.38. The van der Waals surface area contributed by atoms with Crippen LogP contribution in [-0.2, 0) is 15.2 Å². The zero-order valence-electron chi connectivity index (χ0n) is 10.9. The second kappa shape index (κ2) is 7.25. The van der Waals surface area contributed by atoms with E-state index in [2.05, 4.69) is 5.32 Å². The van der Waals surface area contributed by atoms with E-state index in [1.807, 2.05) is 16.8 Å². The predicted octanol–water partition coefficient (Wildman–Crippen LogP) is 1.72. The molecule has 19 heavy (non-hydrogen) atoms. The highest BCUT2D eigenvalue weighted by Gasteiger charge is 2.23. The van der Waals surface area contributed by atoms with Gasteiger partial charge in [-0.2, -0.15) is 11.3 Å². The number of thiophene rings is 1. The van der Waals surface area contributed by atoms with E-state index in [-0.39, 0.29) is 25.3 Å². The average Bonchev–Trinajstić information content (AvgIpc) is 2.86. The lowest BCUT2D eigenvalue weighted by atomic mass is 9.99. The van der Waals surface area contributed by atoms with Gasteiger partial charge in [-0.05, 0) is 42.2 Å². The highest BCUT2D eigenvalue weighted by atomic mass is 32.1. The molecule has 0 aromatic carbocycles. The van der Waals surface area contributed by atoms with E-state index in [4.69, 9.17) is 5.11 Å². The molecular weight excluding hydrogens is 266 g/mol. The van der Waals surface area contributed by atoms with E-state index >= 15 is 0 Å². The van der Waals surface area contributed by atoms with Gasteiger partial charge in [0.25, 0.3) is 0 Å². The van der Waals surface area contributed by atoms with Gasteiger partial charge < -0.3 is 15.5 Å². The molecule has 0 bridgehead atoms. The highest BCUT2D eigenvalue weighted by Crippen LogP contribution is 2.22. The number of nitrogens with one attached hydrogen (secondary N) is 1. The lowest BCUT2D eigenvalue weighted by molar-refractivity contribution is -0.137. The molecule has 1 atom stereocenters. The summed E-state index contributed by atoms with van der Waals surface area (Å²) >= 11 is 1.49. The van der Waals surface area contributed by atoms with Crippen LogP contribution in [0.1, 0.15) is 38.2 Å². The summed E-state index contributed by atoms with van der Waals surface area (Å²) in [5, 5.41) is 25.0. The van der Waals surface area contributed by atoms with Gasteiger partial charge in [-0.15, -0.1) is 0 Å². The molecular formula is C13H19NO4S. The first-order valence-corrected chi connectivity index (χ1v) is 7.09. The molecule has 3 N–H and O–H groups in total. The van der Waals surface area contributed by atoms with Gasteiger partial charge in [0.05, 0.1) is 6.54 Å². The minimum atomic E-state index is -1.07. The third-order valence-electron chi connectivity index (χ3n) is 2.82. The van der Waals surface area contributed by atoms with Gasteiger partial charge >= 0.3 is 5.97 Å². The molecule has 6 heteroatoms. The van der Waals surface area contributed by atoms with E-state index in [1.54, 1.807) is 6.92 Å². The molecule has 0 aliphatic carbocycles. The fourth-order valence-electron chi connectivity index (χ4n) is 1.59. The third kappa shape index (κ3) is 5.85. The Labute approximate surface area is 116 Å². The lowest BCUT2D eigenvalue weighted by Crippen LogP contribution is -2.38. The van der Waals surface area contributed by atoms with Crippen molar-refractivity contribution in [2.75, 3.05) is 6.54 Å². The van der Waals surface area contributed by atoms with E-state index in [0.717, 1.165) is 5.56 Å². The second-order valence-electron chi connectivity index (χ2n) is 4.66. The summed E-state index contributed by atoms with van der Waals surface area (Å²) < 4.78 is 0. The Hall–Kier alpha value is -1.40. The first-order chi connectivity index (χ1) is 8.92. The van der Waals surface area contributed by atoms with E-state index in [1.165, 1.54) is 11.3 Å². The van der Waals surface area contributed by atoms with Gasteiger partial charge in [-0.1, -0.05) is 0 Å². The molecule has 1 aromatic heterocycles. The lowest BCUT2D eigenvalue weighted by Gasteiger charge is -2.22. The minimum Gasteiger partial charge on any atom is -0.481 e. The molecule has 0 spiro atoms. The van der Waals surface area contributed by atoms with Crippen LogP contribution in [0.2, 0.25) is 0 Å². The average molecular weight is 285 g/mol. The Kier molecular flexibility index (Phi) is 5.98. The third-order valence-corrected chi connectivity index (χ3v) is 3.50. The molecule has 106 valence electrons. The van der Waals surface area contributed by atoms with Gasteiger partial charge in [-0.25, -0.2) is 0 Å². The van der Waals surface area contributed by atoms with Crippen LogP contribution < -0.4 is 5.32 Å². The maximum Gasteiger partial charge on any atom is 0.303 e. The van der Waals surface area contributed by atoms with E-state index in [0.29, 0.717) is 12.8 Å². The van der Waals surface area contributed by atoms with Gasteiger partial charge in [0.15, 0.2) is 0 Å². The van der Waals surface area contributed by atoms with Crippen molar-refractivity contribution in [1.29, 1.82) is 0 Å². The summed E-state index contributed by atoms with van der Waals surface area (Å²) in [7, 11) is 0. The number of unbranched alkanes of at least 4 members (excludes halogenated alkanes) is 1. The molecule has 0 aliphatic heterocycles. The maximum atomic E-state index is 11.5. The summed E-state index contributed by atoms with van der Waals surface area (Å²) in [6.07, 6.45) is 1.40. The summed E-state index contributed by atoms with van der Waals surface area (Å²) in [6.45, 7) is 1.81. The zero-order valence-corrected chi connectivity index (χ0v) is 11.7. The van der Waals surface area contributed by atoms with Crippen molar-refractivity contribution in [3.63, 3.8) is 0 Å². The molecule has 1 heterocycles. The molecule has 0 radical (unpaired) electrons. The largest absolute Gasteiger partial charge is 0.481 e. The van der Waals surface area contributed by atoms with Crippen molar-refractivity contribution < 1.29 is 19.8 Å². The Morgan fingerprint density at radius 1 is 1.37 bits per heavy atom. The van der Waals surface area contributed by atoms with Crippen LogP contribution in [0, 0.1) is 0 Å². The number of carboxylic acids is 1. The van der Waals surface area contributed by atoms with Gasteiger partial charge in [0.1, 0.15) is 5.60 Å². The van der Waals surface area contributed by atoms with Crippen molar-refractivity contribution in [1.82, 2.24) is 5.32 Å². The smallest absolute Gasteiger partial charge is 0.303 e. The number of carboxylic acid groups (broad SMARTS) is 1. The number of carbonyl (C=O) groups is 2. The molecule has 0 fully saturated rings. The molecule has 1 amide bonds. The SMILES string of the molecule is CC(O)(CNC(=O)CCCCC(=O)O)c1ccsc1. The summed E-state index contributed by atoms with van der Waals surface area (Å²) in [6, 6.07) is 1.82. The molecule has 5 nitrogen and oxygen atoms in total. The standard InChI is InChI=1S/C13H19NO4S/c1-13(18,10-6-7-19-8-10)9-14-11(15)4-2-3-5-12(16)17/h6-8,18H,2-5,9H2,1H3,(H,14,15)(H,16,17). The molecule has 0 saturated heterocycles. The normalized spacial score (nSPS) is 13.8. The van der Waals surface area contributed by atoms with Crippen LogP contribution in [0.5, 0.6) is 0 Å². The summed E-state index contributed by atoms with van der Waals surface area (Å²) in [5.74, 6) is -1.01. The number of aliphatic carboxylic acids is 1. The quantitative estimate of drug-likeness (QED) is 0.635. The fraction of sp³-hybridized carbons (Fsp3) is 0.538. The van der Waals surface area contributed by atoms with Crippen molar-refractivity contribution in [2.45, 2.75) is 38.2 Å². The molecule has 1 unspecified atom stereocenters. The van der Waals surface area contributed by atoms with Crippen LogP contribution in [0.25, 0.3) is 0 Å². The summed E-state index contributed by atoms with van der Waals surface area (Å²) in [5.41, 5.74) is -0.292. The number of carbonyl (C=O) groups excluding carboxylic acids is 1. The zero-order chi connectivity index (χ0) is 14.3. The number of hydrogen-bond acceptors (Lipinski definition) is 4. The first kappa shape index (κ1) is 15.7. The van der Waals surface area contributed by atoms with Gasteiger partial charge in [-0.3, -0.25) is 9.59 Å². The van der Waals surface area contributed by atoms with Crippen molar-refractivity contribution in [3.8, 4) is 0 Å². The second-order valence-corrected chi connectivity index (χ2v) is 5.44. The summed E-state index contributed by atoms with van der Waals surface area (Å²) in [4.78, 5) is 21.8. The highest BCUT2D eigenvalue weighted by molar-refractivity contribution is 7.08. The Morgan fingerprint density at radius 3 is 2.63 bits per heavy atom. The van der Waals surface area contributed by atoms with Crippen molar-refractivity contribution in [2.24, 2.45) is 0 Å². The Bertz CT molecular complexity index is 414. The number of hydrogen-bond donors (Lipinski definition) is 3. The van der Waals surface area contributed by atoms with E-state index in [9.17, 15) is 14.7 Å². The molecule has 0 saturated carbocycles. The van der Waals surface area contributed by atoms with Crippen LogP contribution in [0.3, 0.4) is 0 Å². The van der Waals surface area contributed by atoms with Crippen LogP contribution in [0.15, 0.2) is 16.8 Å². The molecule has 0 aliphatic rings. The van der Waals surface area contributed by atoms with Crippen LogP contribution >= 0.6 is 11.3 Å². The molecule has 1 rings (SSSR count). The Morgan fingerprint density at radius 2 is 2.05 bits per heavy atom. The number of aliphatic hydroxyl groups is 1.